The van der Waals surface area contributed by atoms with E-state index in [0.717, 1.165) is 31.5 Å². The largest absolute Gasteiger partial charge is 0.358 e. The van der Waals surface area contributed by atoms with Crippen molar-refractivity contribution < 1.29 is 9.18 Å². The van der Waals surface area contributed by atoms with E-state index in [-0.39, 0.29) is 17.0 Å². The van der Waals surface area contributed by atoms with Gasteiger partial charge in [-0.1, -0.05) is 11.6 Å². The fourth-order valence-corrected chi connectivity index (χ4v) is 2.75. The molecule has 0 bridgehead atoms. The van der Waals surface area contributed by atoms with Gasteiger partial charge in [-0.25, -0.2) is 4.39 Å². The molecular weight excluding hydrogens is 243 g/mol. The summed E-state index contributed by atoms with van der Waals surface area (Å²) in [6.07, 6.45) is 2.91. The Morgan fingerprint density at radius 2 is 2.24 bits per heavy atom. The number of rotatable bonds is 0. The summed E-state index contributed by atoms with van der Waals surface area (Å²) in [6.45, 7) is 0.798. The van der Waals surface area contributed by atoms with E-state index in [9.17, 15) is 9.18 Å². The lowest BCUT2D eigenvalue weighted by atomic mass is 9.97. The molecule has 0 radical (unpaired) electrons. The summed E-state index contributed by atoms with van der Waals surface area (Å²) < 4.78 is 13.5. The summed E-state index contributed by atoms with van der Waals surface area (Å²) in [6, 6.07) is 2.74. The predicted octanol–water partition coefficient (Wildman–Crippen LogP) is 2.79. The molecule has 1 atom stereocenters. The van der Waals surface area contributed by atoms with Crippen molar-refractivity contribution in [3.8, 4) is 0 Å². The van der Waals surface area contributed by atoms with E-state index in [1.165, 1.54) is 12.1 Å². The molecule has 1 unspecified atom stereocenters. The van der Waals surface area contributed by atoms with E-state index in [1.54, 1.807) is 0 Å². The molecule has 17 heavy (non-hydrogen) atoms. The number of carbonyl (C=O) groups is 1. The number of fused-ring (bicyclic) bond motifs is 3. The number of anilines is 2. The van der Waals surface area contributed by atoms with Crippen LogP contribution in [0.3, 0.4) is 0 Å². The van der Waals surface area contributed by atoms with Gasteiger partial charge in [0.15, 0.2) is 0 Å². The number of halogens is 2. The summed E-state index contributed by atoms with van der Waals surface area (Å²) in [5.41, 5.74) is 1.36. The highest BCUT2D eigenvalue weighted by Gasteiger charge is 2.35. The molecule has 3 nitrogen and oxygen atoms in total. The number of benzene rings is 1. The van der Waals surface area contributed by atoms with Crippen LogP contribution in [0.2, 0.25) is 5.02 Å². The molecule has 2 aliphatic heterocycles. The molecule has 2 aliphatic rings. The highest BCUT2D eigenvalue weighted by Crippen LogP contribution is 2.38. The molecule has 3 rings (SSSR count). The van der Waals surface area contributed by atoms with Crippen LogP contribution >= 0.6 is 11.6 Å². The lowest BCUT2D eigenvalue weighted by molar-refractivity contribution is -0.118. The third kappa shape index (κ3) is 1.67. The lowest BCUT2D eigenvalue weighted by Gasteiger charge is -2.41. The monoisotopic (exact) mass is 254 g/mol. The number of nitrogens with zero attached hydrogens (tertiary/aromatic N) is 1. The third-order valence-corrected chi connectivity index (χ3v) is 3.70. The lowest BCUT2D eigenvalue weighted by Crippen LogP contribution is -2.50. The Morgan fingerprint density at radius 3 is 3.06 bits per heavy atom. The van der Waals surface area contributed by atoms with Crippen LogP contribution in [-0.4, -0.2) is 18.5 Å². The van der Waals surface area contributed by atoms with Gasteiger partial charge >= 0.3 is 0 Å². The average molecular weight is 255 g/mol. The van der Waals surface area contributed by atoms with Gasteiger partial charge in [0.25, 0.3) is 0 Å². The first-order valence-electron chi connectivity index (χ1n) is 5.73. The maximum atomic E-state index is 13.5. The molecule has 0 aromatic heterocycles. The molecule has 1 saturated heterocycles. The summed E-state index contributed by atoms with van der Waals surface area (Å²) in [5.74, 6) is -0.453. The van der Waals surface area contributed by atoms with Crippen LogP contribution in [0.25, 0.3) is 0 Å². The second-order valence-electron chi connectivity index (χ2n) is 4.48. The Bertz CT molecular complexity index is 492. The zero-order valence-corrected chi connectivity index (χ0v) is 9.93. The molecule has 1 fully saturated rings. The number of amides is 1. The molecule has 1 amide bonds. The minimum absolute atomic E-state index is 0.0140. The van der Waals surface area contributed by atoms with Gasteiger partial charge < -0.3 is 10.2 Å². The van der Waals surface area contributed by atoms with E-state index >= 15 is 0 Å². The van der Waals surface area contributed by atoms with E-state index in [1.807, 2.05) is 4.90 Å². The second kappa shape index (κ2) is 3.88. The quantitative estimate of drug-likeness (QED) is 0.772. The van der Waals surface area contributed by atoms with Gasteiger partial charge in [-0.05, 0) is 25.3 Å². The van der Waals surface area contributed by atoms with Crippen molar-refractivity contribution in [3.63, 3.8) is 0 Å². The van der Waals surface area contributed by atoms with Gasteiger partial charge in [-0.3, -0.25) is 4.79 Å². The van der Waals surface area contributed by atoms with Crippen molar-refractivity contribution in [2.24, 2.45) is 0 Å². The van der Waals surface area contributed by atoms with Gasteiger partial charge in [0.2, 0.25) is 5.91 Å². The summed E-state index contributed by atoms with van der Waals surface area (Å²) >= 11 is 5.72. The Hall–Kier alpha value is -1.29. The average Bonchev–Trinajstić information content (AvgIpc) is 2.32. The summed E-state index contributed by atoms with van der Waals surface area (Å²) in [4.78, 5) is 13.9. The SMILES string of the molecule is O=C1Nc2cc(Cl)c(F)cc2N2CCCCC12. The van der Waals surface area contributed by atoms with Crippen molar-refractivity contribution in [2.75, 3.05) is 16.8 Å². The third-order valence-electron chi connectivity index (χ3n) is 3.41. The summed E-state index contributed by atoms with van der Waals surface area (Å²) in [5, 5.41) is 2.84. The number of carbonyl (C=O) groups excluding carboxylic acids is 1. The predicted molar refractivity (Wildman–Crippen MR) is 65.0 cm³/mol. The fourth-order valence-electron chi connectivity index (χ4n) is 2.58. The van der Waals surface area contributed by atoms with Crippen LogP contribution < -0.4 is 10.2 Å². The van der Waals surface area contributed by atoms with E-state index in [0.29, 0.717) is 5.69 Å². The molecule has 0 spiro atoms. The van der Waals surface area contributed by atoms with Crippen molar-refractivity contribution in [3.05, 3.63) is 23.0 Å². The van der Waals surface area contributed by atoms with Crippen LogP contribution in [-0.2, 0) is 4.79 Å². The number of hydrogen-bond donors (Lipinski definition) is 1. The molecule has 90 valence electrons. The van der Waals surface area contributed by atoms with Gasteiger partial charge in [0.1, 0.15) is 11.9 Å². The second-order valence-corrected chi connectivity index (χ2v) is 4.88. The Balaban J connectivity index is 2.10. The Labute approximate surface area is 104 Å². The number of nitrogens with one attached hydrogen (secondary N) is 1. The van der Waals surface area contributed by atoms with Gasteiger partial charge in [0.05, 0.1) is 16.4 Å². The van der Waals surface area contributed by atoms with Crippen molar-refractivity contribution in [1.82, 2.24) is 0 Å². The van der Waals surface area contributed by atoms with E-state index in [2.05, 4.69) is 5.32 Å². The minimum atomic E-state index is -0.439. The van der Waals surface area contributed by atoms with Crippen molar-refractivity contribution in [2.45, 2.75) is 25.3 Å². The molecule has 1 aromatic carbocycles. The number of hydrogen-bond acceptors (Lipinski definition) is 2. The summed E-state index contributed by atoms with van der Waals surface area (Å²) in [7, 11) is 0. The molecular formula is C12H12ClFN2O. The minimum Gasteiger partial charge on any atom is -0.358 e. The highest BCUT2D eigenvalue weighted by atomic mass is 35.5. The first-order chi connectivity index (χ1) is 8.16. The first kappa shape index (κ1) is 10.8. The first-order valence-corrected chi connectivity index (χ1v) is 6.11. The van der Waals surface area contributed by atoms with Crippen molar-refractivity contribution >= 4 is 28.9 Å². The van der Waals surface area contributed by atoms with Crippen LogP contribution in [0, 0.1) is 5.82 Å². The van der Waals surface area contributed by atoms with Crippen LogP contribution in [0.5, 0.6) is 0 Å². The zero-order chi connectivity index (χ0) is 12.0. The molecule has 2 heterocycles. The van der Waals surface area contributed by atoms with E-state index < -0.39 is 5.82 Å². The topological polar surface area (TPSA) is 32.3 Å². The highest BCUT2D eigenvalue weighted by molar-refractivity contribution is 6.31. The zero-order valence-electron chi connectivity index (χ0n) is 9.17. The maximum Gasteiger partial charge on any atom is 0.247 e. The fraction of sp³-hybridized carbons (Fsp3) is 0.417. The van der Waals surface area contributed by atoms with Gasteiger partial charge in [-0.2, -0.15) is 0 Å². The normalized spacial score (nSPS) is 22.8. The van der Waals surface area contributed by atoms with Gasteiger partial charge in [0, 0.05) is 12.6 Å². The van der Waals surface area contributed by atoms with Gasteiger partial charge in [-0.15, -0.1) is 0 Å². The van der Waals surface area contributed by atoms with E-state index in [4.69, 9.17) is 11.6 Å². The standard InChI is InChI=1S/C12H12ClFN2O/c13-7-5-9-11(6-8(7)14)16-4-2-1-3-10(16)12(17)15-9/h5-6,10H,1-4H2,(H,15,17). The molecule has 0 saturated carbocycles. The molecule has 1 aromatic rings. The molecule has 5 heteroatoms. The molecule has 1 N–H and O–H groups in total. The van der Waals surface area contributed by atoms with Crippen molar-refractivity contribution in [1.29, 1.82) is 0 Å². The van der Waals surface area contributed by atoms with Crippen LogP contribution in [0.4, 0.5) is 15.8 Å². The Morgan fingerprint density at radius 1 is 1.41 bits per heavy atom. The smallest absolute Gasteiger partial charge is 0.247 e. The maximum absolute atomic E-state index is 13.5. The number of piperidine rings is 1. The van der Waals surface area contributed by atoms with Crippen LogP contribution in [0.1, 0.15) is 19.3 Å². The van der Waals surface area contributed by atoms with Crippen LogP contribution in [0.15, 0.2) is 12.1 Å². The Kier molecular flexibility index (Phi) is 2.47. The molecule has 0 aliphatic carbocycles.